The van der Waals surface area contributed by atoms with Crippen LogP contribution in [0.2, 0.25) is 5.02 Å². The molecule has 0 unspecified atom stereocenters. The van der Waals surface area contributed by atoms with Crippen LogP contribution >= 0.6 is 11.6 Å². The normalized spacial score (nSPS) is 13.8. The number of aryl methyl sites for hydroxylation is 1. The number of nitrogens with one attached hydrogen (secondary N) is 1. The van der Waals surface area contributed by atoms with Crippen molar-refractivity contribution in [2.24, 2.45) is 7.05 Å². The lowest BCUT2D eigenvalue weighted by atomic mass is 10.00. The Morgan fingerprint density at radius 2 is 1.91 bits per heavy atom. The molecule has 5 rings (SSSR count). The Kier molecular flexibility index (Phi) is 6.04. The predicted octanol–water partition coefficient (Wildman–Crippen LogP) is 4.05. The Labute approximate surface area is 201 Å². The number of methoxy groups -OCH3 is 1. The van der Waals surface area contributed by atoms with Gasteiger partial charge in [-0.05, 0) is 18.2 Å². The van der Waals surface area contributed by atoms with Crippen molar-refractivity contribution in [2.75, 3.05) is 43.6 Å². The van der Waals surface area contributed by atoms with Crippen LogP contribution in [0.5, 0.6) is 0 Å². The van der Waals surface area contributed by atoms with Gasteiger partial charge in [-0.25, -0.2) is 19.7 Å². The molecule has 0 atom stereocenters. The number of morpholine rings is 1. The topological polar surface area (TPSA) is 94.4 Å². The fraction of sp³-hybridized carbons (Fsp3) is 0.250. The SMILES string of the molecule is COC(=O)c1nccnc1Nc1ccc(N2CCOCC2)c(Cl)c1-c1cccc2c1ncn2C. The molecular formula is C24H23ClN6O3. The molecule has 4 aromatic rings. The fourth-order valence-corrected chi connectivity index (χ4v) is 4.53. The third-order valence-electron chi connectivity index (χ3n) is 5.83. The van der Waals surface area contributed by atoms with E-state index in [1.807, 2.05) is 41.9 Å². The highest BCUT2D eigenvalue weighted by Gasteiger charge is 2.23. The van der Waals surface area contributed by atoms with Crippen molar-refractivity contribution in [1.29, 1.82) is 0 Å². The summed E-state index contributed by atoms with van der Waals surface area (Å²) >= 11 is 7.10. The summed E-state index contributed by atoms with van der Waals surface area (Å²) in [5, 5.41) is 3.84. The molecular weight excluding hydrogens is 456 g/mol. The van der Waals surface area contributed by atoms with Crippen molar-refractivity contribution in [1.82, 2.24) is 19.5 Å². The van der Waals surface area contributed by atoms with Gasteiger partial charge in [-0.1, -0.05) is 23.7 Å². The number of benzene rings is 2. The summed E-state index contributed by atoms with van der Waals surface area (Å²) in [6.45, 7) is 2.78. The van der Waals surface area contributed by atoms with Crippen LogP contribution in [-0.2, 0) is 16.5 Å². The molecule has 10 heteroatoms. The molecule has 0 spiro atoms. The number of carbonyl (C=O) groups is 1. The van der Waals surface area contributed by atoms with Crippen LogP contribution in [0.15, 0.2) is 49.1 Å². The Balaban J connectivity index is 1.70. The average Bonchev–Trinajstić information content (AvgIpc) is 3.26. The van der Waals surface area contributed by atoms with Crippen LogP contribution in [-0.4, -0.2) is 58.9 Å². The van der Waals surface area contributed by atoms with Gasteiger partial charge < -0.3 is 24.3 Å². The largest absolute Gasteiger partial charge is 0.464 e. The van der Waals surface area contributed by atoms with E-state index < -0.39 is 5.97 Å². The number of nitrogens with zero attached hydrogens (tertiary/aromatic N) is 5. The summed E-state index contributed by atoms with van der Waals surface area (Å²) in [6.07, 6.45) is 4.73. The van der Waals surface area contributed by atoms with Gasteiger partial charge in [-0.3, -0.25) is 0 Å². The molecule has 1 saturated heterocycles. The molecule has 0 saturated carbocycles. The maximum absolute atomic E-state index is 12.3. The zero-order valence-corrected chi connectivity index (χ0v) is 19.5. The van der Waals surface area contributed by atoms with Crippen LogP contribution in [0.4, 0.5) is 17.2 Å². The van der Waals surface area contributed by atoms with Gasteiger partial charge >= 0.3 is 5.97 Å². The molecule has 0 bridgehead atoms. The lowest BCUT2D eigenvalue weighted by Gasteiger charge is -2.31. The molecule has 9 nitrogen and oxygen atoms in total. The van der Waals surface area contributed by atoms with Crippen molar-refractivity contribution in [3.8, 4) is 11.1 Å². The minimum absolute atomic E-state index is 0.0837. The lowest BCUT2D eigenvalue weighted by Crippen LogP contribution is -2.36. The number of halogens is 1. The molecule has 3 heterocycles. The van der Waals surface area contributed by atoms with Crippen LogP contribution in [0, 0.1) is 0 Å². The van der Waals surface area contributed by atoms with E-state index in [1.54, 1.807) is 6.33 Å². The quantitative estimate of drug-likeness (QED) is 0.429. The highest BCUT2D eigenvalue weighted by molar-refractivity contribution is 6.37. The number of hydrogen-bond acceptors (Lipinski definition) is 8. The Hall–Kier alpha value is -3.69. The van der Waals surface area contributed by atoms with E-state index in [1.165, 1.54) is 19.5 Å². The molecule has 0 amide bonds. The number of para-hydroxylation sites is 1. The number of fused-ring (bicyclic) bond motifs is 1. The van der Waals surface area contributed by atoms with Gasteiger partial charge in [0.15, 0.2) is 11.5 Å². The minimum Gasteiger partial charge on any atom is -0.464 e. The molecule has 2 aromatic carbocycles. The maximum atomic E-state index is 12.3. The lowest BCUT2D eigenvalue weighted by molar-refractivity contribution is 0.0595. The summed E-state index contributed by atoms with van der Waals surface area (Å²) < 4.78 is 12.4. The summed E-state index contributed by atoms with van der Waals surface area (Å²) in [7, 11) is 3.26. The minimum atomic E-state index is -0.583. The molecule has 0 aliphatic carbocycles. The summed E-state index contributed by atoms with van der Waals surface area (Å²) in [6, 6.07) is 9.87. The van der Waals surface area contributed by atoms with E-state index in [0.717, 1.165) is 40.9 Å². The number of aromatic nitrogens is 4. The number of anilines is 3. The number of hydrogen-bond donors (Lipinski definition) is 1. The zero-order chi connectivity index (χ0) is 23.7. The first-order chi connectivity index (χ1) is 16.6. The first-order valence-electron chi connectivity index (χ1n) is 10.8. The van der Waals surface area contributed by atoms with Crippen molar-refractivity contribution in [2.45, 2.75) is 0 Å². The van der Waals surface area contributed by atoms with E-state index in [2.05, 4.69) is 25.2 Å². The number of imidazole rings is 1. The first kappa shape index (κ1) is 22.1. The second-order valence-electron chi connectivity index (χ2n) is 7.82. The van der Waals surface area contributed by atoms with Crippen molar-refractivity contribution in [3.63, 3.8) is 0 Å². The molecule has 0 radical (unpaired) electrons. The smallest absolute Gasteiger partial charge is 0.360 e. The molecule has 174 valence electrons. The van der Waals surface area contributed by atoms with Gasteiger partial charge in [0.2, 0.25) is 0 Å². The third-order valence-corrected chi connectivity index (χ3v) is 6.21. The van der Waals surface area contributed by atoms with Gasteiger partial charge in [0.25, 0.3) is 0 Å². The standard InChI is InChI=1S/C24H23ClN6O3/c1-30-14-28-21-15(4-3-5-18(21)30)19-16(29-23-22(24(32)33-2)26-8-9-27-23)6-7-17(20(19)25)31-10-12-34-13-11-31/h3-9,14H,10-13H2,1-2H3,(H,27,29). The Morgan fingerprint density at radius 1 is 1.12 bits per heavy atom. The van der Waals surface area contributed by atoms with Crippen LogP contribution in [0.3, 0.4) is 0 Å². The first-order valence-corrected chi connectivity index (χ1v) is 11.2. The number of esters is 1. The molecule has 1 N–H and O–H groups in total. The Morgan fingerprint density at radius 3 is 2.71 bits per heavy atom. The summed E-state index contributed by atoms with van der Waals surface area (Å²) in [4.78, 5) is 27.6. The number of ether oxygens (including phenoxy) is 2. The van der Waals surface area contributed by atoms with E-state index in [9.17, 15) is 4.79 Å². The van der Waals surface area contributed by atoms with Crippen LogP contribution < -0.4 is 10.2 Å². The average molecular weight is 479 g/mol. The van der Waals surface area contributed by atoms with E-state index in [0.29, 0.717) is 23.9 Å². The maximum Gasteiger partial charge on any atom is 0.360 e. The summed E-state index contributed by atoms with van der Waals surface area (Å²) in [5.41, 5.74) is 5.09. The van der Waals surface area contributed by atoms with Gasteiger partial charge in [0.1, 0.15) is 0 Å². The second-order valence-corrected chi connectivity index (χ2v) is 8.20. The second kappa shape index (κ2) is 9.28. The van der Waals surface area contributed by atoms with Crippen molar-refractivity contribution >= 4 is 45.8 Å². The zero-order valence-electron chi connectivity index (χ0n) is 18.8. The Bertz CT molecular complexity index is 1370. The highest BCUT2D eigenvalue weighted by Crippen LogP contribution is 2.44. The number of rotatable bonds is 5. The molecule has 1 aliphatic heterocycles. The van der Waals surface area contributed by atoms with Gasteiger partial charge in [-0.15, -0.1) is 0 Å². The molecule has 1 aliphatic rings. The van der Waals surface area contributed by atoms with Crippen LogP contribution in [0.1, 0.15) is 10.5 Å². The van der Waals surface area contributed by atoms with E-state index >= 15 is 0 Å². The fourth-order valence-electron chi connectivity index (χ4n) is 4.14. The molecule has 2 aromatic heterocycles. The van der Waals surface area contributed by atoms with Gasteiger partial charge in [0.05, 0.1) is 48.4 Å². The van der Waals surface area contributed by atoms with Crippen LogP contribution in [0.25, 0.3) is 22.2 Å². The molecule has 34 heavy (non-hydrogen) atoms. The molecule has 1 fully saturated rings. The van der Waals surface area contributed by atoms with Crippen molar-refractivity contribution < 1.29 is 14.3 Å². The van der Waals surface area contributed by atoms with Gasteiger partial charge in [0, 0.05) is 49.3 Å². The predicted molar refractivity (Wildman–Crippen MR) is 131 cm³/mol. The summed E-state index contributed by atoms with van der Waals surface area (Å²) in [5.74, 6) is -0.306. The monoisotopic (exact) mass is 478 g/mol. The third kappa shape index (κ3) is 3.93. The van der Waals surface area contributed by atoms with E-state index in [4.69, 9.17) is 21.1 Å². The van der Waals surface area contributed by atoms with E-state index in [-0.39, 0.29) is 11.5 Å². The number of carbonyl (C=O) groups excluding carboxylic acids is 1. The highest BCUT2D eigenvalue weighted by atomic mass is 35.5. The van der Waals surface area contributed by atoms with Gasteiger partial charge in [-0.2, -0.15) is 0 Å². The van der Waals surface area contributed by atoms with Crippen molar-refractivity contribution in [3.05, 3.63) is 59.8 Å².